The van der Waals surface area contributed by atoms with Crippen molar-refractivity contribution in [3.63, 3.8) is 0 Å². The number of phenols is 1. The molecule has 27 heavy (non-hydrogen) atoms. The van der Waals surface area contributed by atoms with E-state index in [4.69, 9.17) is 16.1 Å². The van der Waals surface area contributed by atoms with Crippen molar-refractivity contribution in [2.45, 2.75) is 6.54 Å². The van der Waals surface area contributed by atoms with Crippen molar-refractivity contribution in [2.75, 3.05) is 0 Å². The van der Waals surface area contributed by atoms with Crippen LogP contribution in [0.5, 0.6) is 5.75 Å². The van der Waals surface area contributed by atoms with Gasteiger partial charge in [0.1, 0.15) is 29.2 Å². The molecule has 3 aromatic heterocycles. The minimum atomic E-state index is -0.747. The van der Waals surface area contributed by atoms with E-state index in [1.807, 2.05) is 0 Å². The fraction of sp³-hybridized carbons (Fsp3) is 0.0588. The Bertz CT molecular complexity index is 1110. The van der Waals surface area contributed by atoms with E-state index in [0.717, 1.165) is 12.3 Å². The van der Waals surface area contributed by atoms with Crippen LogP contribution in [0.2, 0.25) is 5.15 Å². The van der Waals surface area contributed by atoms with Crippen molar-refractivity contribution in [1.82, 2.24) is 24.9 Å². The highest BCUT2D eigenvalue weighted by molar-refractivity contribution is 6.29. The van der Waals surface area contributed by atoms with Crippen LogP contribution >= 0.6 is 11.6 Å². The lowest BCUT2D eigenvalue weighted by atomic mass is 10.2. The summed E-state index contributed by atoms with van der Waals surface area (Å²) in [4.78, 5) is 7.75. The zero-order chi connectivity index (χ0) is 19.0. The summed E-state index contributed by atoms with van der Waals surface area (Å²) in [6.45, 7) is 0.0449. The van der Waals surface area contributed by atoms with Gasteiger partial charge in [-0.25, -0.2) is 18.7 Å². The number of hydrogen-bond donors (Lipinski definition) is 1. The predicted octanol–water partition coefficient (Wildman–Crippen LogP) is 3.68. The third-order valence-corrected chi connectivity index (χ3v) is 4.03. The minimum Gasteiger partial charge on any atom is -0.508 e. The normalized spacial score (nSPS) is 11.1. The second kappa shape index (κ2) is 6.76. The molecule has 0 atom stereocenters. The van der Waals surface area contributed by atoms with E-state index in [-0.39, 0.29) is 23.3 Å². The third kappa shape index (κ3) is 3.36. The number of phenolic OH excluding ortho intramolecular Hbond substituents is 1. The van der Waals surface area contributed by atoms with Crippen LogP contribution in [0.4, 0.5) is 8.78 Å². The van der Waals surface area contributed by atoms with E-state index in [1.54, 1.807) is 12.1 Å². The highest BCUT2D eigenvalue weighted by Gasteiger charge is 2.18. The Kier molecular flexibility index (Phi) is 4.28. The Morgan fingerprint density at radius 3 is 2.67 bits per heavy atom. The third-order valence-electron chi connectivity index (χ3n) is 3.77. The lowest BCUT2D eigenvalue weighted by Crippen LogP contribution is -2.06. The van der Waals surface area contributed by atoms with Crippen LogP contribution in [0.1, 0.15) is 5.56 Å². The molecule has 0 aliphatic heterocycles. The molecule has 136 valence electrons. The molecule has 0 aliphatic rings. The van der Waals surface area contributed by atoms with Crippen LogP contribution in [-0.2, 0) is 6.54 Å². The average Bonchev–Trinajstić information content (AvgIpc) is 3.29. The molecule has 0 aliphatic carbocycles. The molecule has 0 saturated heterocycles. The Morgan fingerprint density at radius 1 is 1.11 bits per heavy atom. The number of halogens is 3. The molecule has 1 aromatic carbocycles. The number of hydrogen-bond acceptors (Lipinski definition) is 6. The van der Waals surface area contributed by atoms with Gasteiger partial charge in [-0.15, -0.1) is 0 Å². The number of benzene rings is 1. The van der Waals surface area contributed by atoms with Gasteiger partial charge in [-0.05, 0) is 12.1 Å². The molecule has 0 bridgehead atoms. The molecule has 0 fully saturated rings. The van der Waals surface area contributed by atoms with E-state index in [1.165, 1.54) is 23.1 Å². The maximum Gasteiger partial charge on any atom is 0.181 e. The monoisotopic (exact) mass is 389 g/mol. The number of aromatic nitrogens is 5. The molecular formula is C17H10ClF2N5O2. The van der Waals surface area contributed by atoms with Crippen LogP contribution in [0.25, 0.3) is 22.9 Å². The summed E-state index contributed by atoms with van der Waals surface area (Å²) in [6, 6.07) is 7.06. The first-order valence-corrected chi connectivity index (χ1v) is 8.03. The predicted molar refractivity (Wildman–Crippen MR) is 90.9 cm³/mol. The van der Waals surface area contributed by atoms with Crippen LogP contribution < -0.4 is 0 Å². The summed E-state index contributed by atoms with van der Waals surface area (Å²) in [5.41, 5.74) is 1.57. The maximum absolute atomic E-state index is 14.1. The number of nitrogens with zero attached hydrogens (tertiary/aromatic N) is 5. The second-order valence-corrected chi connectivity index (χ2v) is 5.92. The van der Waals surface area contributed by atoms with Gasteiger partial charge in [0.25, 0.3) is 0 Å². The Hall–Kier alpha value is -3.33. The maximum atomic E-state index is 14.1. The summed E-state index contributed by atoms with van der Waals surface area (Å²) >= 11 is 5.71. The van der Waals surface area contributed by atoms with E-state index in [0.29, 0.717) is 22.6 Å². The highest BCUT2D eigenvalue weighted by atomic mass is 35.5. The average molecular weight is 390 g/mol. The van der Waals surface area contributed by atoms with Gasteiger partial charge in [-0.1, -0.05) is 22.8 Å². The Morgan fingerprint density at radius 2 is 1.96 bits per heavy atom. The van der Waals surface area contributed by atoms with Crippen LogP contribution in [0, 0.1) is 11.6 Å². The summed E-state index contributed by atoms with van der Waals surface area (Å²) < 4.78 is 33.8. The SMILES string of the molecule is Oc1ccc(Cn2nc(-c3ncc(F)c(Cl)n3)cc2-c2ccon2)c(F)c1. The van der Waals surface area contributed by atoms with Crippen molar-refractivity contribution in [2.24, 2.45) is 0 Å². The summed E-state index contributed by atoms with van der Waals surface area (Å²) in [5, 5.41) is 17.3. The minimum absolute atomic E-state index is 0.0449. The molecular weight excluding hydrogens is 380 g/mol. The molecule has 4 aromatic rings. The van der Waals surface area contributed by atoms with E-state index in [2.05, 4.69) is 20.2 Å². The Balaban J connectivity index is 1.79. The fourth-order valence-electron chi connectivity index (χ4n) is 2.49. The van der Waals surface area contributed by atoms with E-state index in [9.17, 15) is 13.9 Å². The highest BCUT2D eigenvalue weighted by Crippen LogP contribution is 2.26. The van der Waals surface area contributed by atoms with Gasteiger partial charge in [-0.3, -0.25) is 4.68 Å². The lowest BCUT2D eigenvalue weighted by molar-refractivity contribution is 0.421. The summed E-state index contributed by atoms with van der Waals surface area (Å²) in [7, 11) is 0. The molecule has 0 amide bonds. The van der Waals surface area contributed by atoms with Crippen molar-refractivity contribution in [1.29, 1.82) is 0 Å². The van der Waals surface area contributed by atoms with Gasteiger partial charge < -0.3 is 9.63 Å². The first-order valence-electron chi connectivity index (χ1n) is 7.65. The smallest absolute Gasteiger partial charge is 0.181 e. The van der Waals surface area contributed by atoms with E-state index >= 15 is 0 Å². The Labute approximate surface area is 155 Å². The van der Waals surface area contributed by atoms with Gasteiger partial charge >= 0.3 is 0 Å². The molecule has 3 heterocycles. The van der Waals surface area contributed by atoms with Gasteiger partial charge in [0.05, 0.1) is 18.4 Å². The molecule has 0 saturated carbocycles. The zero-order valence-electron chi connectivity index (χ0n) is 13.5. The fourth-order valence-corrected chi connectivity index (χ4v) is 2.62. The molecule has 4 rings (SSSR count). The number of aromatic hydroxyl groups is 1. The zero-order valence-corrected chi connectivity index (χ0v) is 14.2. The van der Waals surface area contributed by atoms with Crippen LogP contribution in [-0.4, -0.2) is 30.0 Å². The first kappa shape index (κ1) is 17.1. The first-order chi connectivity index (χ1) is 13.0. The van der Waals surface area contributed by atoms with Gasteiger partial charge in [-0.2, -0.15) is 5.10 Å². The largest absolute Gasteiger partial charge is 0.508 e. The van der Waals surface area contributed by atoms with Gasteiger partial charge in [0.15, 0.2) is 16.8 Å². The topological polar surface area (TPSA) is 89.9 Å². The summed E-state index contributed by atoms with van der Waals surface area (Å²) in [5.74, 6) is -1.40. The molecule has 0 radical (unpaired) electrons. The number of rotatable bonds is 4. The molecule has 0 spiro atoms. The van der Waals surface area contributed by atoms with Crippen molar-refractivity contribution >= 4 is 11.6 Å². The molecule has 10 heteroatoms. The van der Waals surface area contributed by atoms with Crippen molar-refractivity contribution in [3.05, 3.63) is 65.1 Å². The van der Waals surface area contributed by atoms with Crippen LogP contribution in [0.15, 0.2) is 47.3 Å². The van der Waals surface area contributed by atoms with Gasteiger partial charge in [0, 0.05) is 17.7 Å². The summed E-state index contributed by atoms with van der Waals surface area (Å²) in [6.07, 6.45) is 2.33. The van der Waals surface area contributed by atoms with E-state index < -0.39 is 11.6 Å². The van der Waals surface area contributed by atoms with Crippen molar-refractivity contribution < 1.29 is 18.4 Å². The quantitative estimate of drug-likeness (QED) is 0.535. The molecule has 7 nitrogen and oxygen atoms in total. The molecule has 1 N–H and O–H groups in total. The standard InChI is InChI=1S/C17H10ClF2N5O2/c18-16-12(20)7-21-17(22-16)14-6-15(13-3-4-27-24-13)25(23-14)8-9-1-2-10(26)5-11(9)19/h1-7,26H,8H2. The lowest BCUT2D eigenvalue weighted by Gasteiger charge is -2.07. The molecule has 0 unspecified atom stereocenters. The van der Waals surface area contributed by atoms with Gasteiger partial charge in [0.2, 0.25) is 0 Å². The van der Waals surface area contributed by atoms with Crippen molar-refractivity contribution in [3.8, 4) is 28.7 Å². The van der Waals surface area contributed by atoms with Crippen LogP contribution in [0.3, 0.4) is 0 Å². The second-order valence-electron chi connectivity index (χ2n) is 5.57.